The molecule has 1 fully saturated rings. The monoisotopic (exact) mass is 282 g/mol. The number of unbranched alkanes of at least 4 members (excludes halogenated alkanes) is 2. The van der Waals surface area contributed by atoms with Crippen molar-refractivity contribution in [1.82, 2.24) is 9.88 Å². The first-order valence-corrected chi connectivity index (χ1v) is 8.27. The molecule has 2 N–H and O–H groups in total. The fourth-order valence-electron chi connectivity index (χ4n) is 2.53. The van der Waals surface area contributed by atoms with Gasteiger partial charge in [0.15, 0.2) is 5.13 Å². The molecule has 1 aliphatic heterocycles. The number of aromatic nitrogens is 1. The van der Waals surface area contributed by atoms with E-state index >= 15 is 0 Å². The van der Waals surface area contributed by atoms with Crippen LogP contribution in [0.1, 0.15) is 31.4 Å². The Morgan fingerprint density at radius 3 is 2.84 bits per heavy atom. The molecule has 4 nitrogen and oxygen atoms in total. The predicted molar refractivity (Wildman–Crippen MR) is 83.0 cm³/mol. The molecule has 0 amide bonds. The lowest BCUT2D eigenvalue weighted by Gasteiger charge is -2.21. The number of hydrogen-bond acceptors (Lipinski definition) is 5. The Kier molecular flexibility index (Phi) is 6.07. The summed E-state index contributed by atoms with van der Waals surface area (Å²) in [5.41, 5.74) is 6.67. The van der Waals surface area contributed by atoms with Gasteiger partial charge in [-0.1, -0.05) is 6.42 Å². The van der Waals surface area contributed by atoms with Crippen molar-refractivity contribution in [3.8, 4) is 0 Å². The van der Waals surface area contributed by atoms with Gasteiger partial charge in [0.1, 0.15) is 0 Å². The van der Waals surface area contributed by atoms with Crippen molar-refractivity contribution in [3.63, 3.8) is 0 Å². The van der Waals surface area contributed by atoms with Gasteiger partial charge in [-0.05, 0) is 45.8 Å². The number of nitrogens with two attached hydrogens (primary N) is 1. The third-order valence-electron chi connectivity index (χ3n) is 3.64. The van der Waals surface area contributed by atoms with Crippen LogP contribution in [0, 0.1) is 6.92 Å². The summed E-state index contributed by atoms with van der Waals surface area (Å²) in [6.45, 7) is 8.78. The van der Waals surface area contributed by atoms with Gasteiger partial charge in [0.2, 0.25) is 0 Å². The number of aryl methyl sites for hydroxylation is 1. The molecule has 0 bridgehead atoms. The molecule has 0 spiro atoms. The minimum Gasteiger partial charge on any atom is -0.347 e. The molecule has 0 aromatic carbocycles. The lowest BCUT2D eigenvalue weighted by Crippen LogP contribution is -2.31. The second kappa shape index (κ2) is 7.82. The van der Waals surface area contributed by atoms with Crippen LogP contribution in [-0.2, 0) is 0 Å². The minimum absolute atomic E-state index is 0.831. The lowest BCUT2D eigenvalue weighted by atomic mass is 10.2. The average molecular weight is 282 g/mol. The van der Waals surface area contributed by atoms with Gasteiger partial charge in [-0.3, -0.25) is 0 Å². The molecule has 2 heterocycles. The van der Waals surface area contributed by atoms with Gasteiger partial charge in [-0.15, -0.1) is 11.3 Å². The summed E-state index contributed by atoms with van der Waals surface area (Å²) in [5.74, 6) is 0. The minimum atomic E-state index is 0.831. The molecule has 1 aromatic heterocycles. The van der Waals surface area contributed by atoms with Crippen LogP contribution >= 0.6 is 11.3 Å². The fraction of sp³-hybridized carbons (Fsp3) is 0.786. The fourth-order valence-corrected chi connectivity index (χ4v) is 3.39. The molecule has 19 heavy (non-hydrogen) atoms. The number of anilines is 1. The highest BCUT2D eigenvalue weighted by molar-refractivity contribution is 7.13. The zero-order valence-corrected chi connectivity index (χ0v) is 12.8. The normalized spacial score (nSPS) is 17.7. The predicted octanol–water partition coefficient (Wildman–Crippen LogP) is 2.09. The van der Waals surface area contributed by atoms with Crippen molar-refractivity contribution in [2.45, 2.75) is 32.6 Å². The van der Waals surface area contributed by atoms with Crippen molar-refractivity contribution < 1.29 is 0 Å². The second-order valence-corrected chi connectivity index (χ2v) is 6.14. The molecule has 0 radical (unpaired) electrons. The molecule has 1 aliphatic rings. The molecule has 5 heteroatoms. The van der Waals surface area contributed by atoms with Crippen molar-refractivity contribution in [1.29, 1.82) is 0 Å². The van der Waals surface area contributed by atoms with E-state index in [-0.39, 0.29) is 0 Å². The van der Waals surface area contributed by atoms with E-state index in [1.165, 1.54) is 50.4 Å². The molecule has 0 saturated carbocycles. The van der Waals surface area contributed by atoms with Crippen molar-refractivity contribution >= 4 is 16.5 Å². The number of hydrogen-bond donors (Lipinski definition) is 1. The summed E-state index contributed by atoms with van der Waals surface area (Å²) in [4.78, 5) is 9.64. The molecule has 0 unspecified atom stereocenters. The van der Waals surface area contributed by atoms with Crippen LogP contribution < -0.4 is 10.6 Å². The van der Waals surface area contributed by atoms with E-state index in [9.17, 15) is 0 Å². The third-order valence-corrected chi connectivity index (χ3v) is 4.66. The third kappa shape index (κ3) is 4.75. The maximum Gasteiger partial charge on any atom is 0.185 e. The molecule has 2 rings (SSSR count). The summed E-state index contributed by atoms with van der Waals surface area (Å²) >= 11 is 1.77. The highest BCUT2D eigenvalue weighted by Gasteiger charge is 2.16. The summed E-state index contributed by atoms with van der Waals surface area (Å²) in [5, 5.41) is 3.34. The Morgan fingerprint density at radius 2 is 2.11 bits per heavy atom. The van der Waals surface area contributed by atoms with Gasteiger partial charge in [-0.2, -0.15) is 0 Å². The zero-order chi connectivity index (χ0) is 13.5. The highest BCUT2D eigenvalue weighted by atomic mass is 32.1. The Labute approximate surface area is 120 Å². The van der Waals surface area contributed by atoms with Gasteiger partial charge < -0.3 is 15.5 Å². The van der Waals surface area contributed by atoms with Gasteiger partial charge in [0, 0.05) is 25.0 Å². The summed E-state index contributed by atoms with van der Waals surface area (Å²) in [6.07, 6.45) is 4.96. The van der Waals surface area contributed by atoms with Crippen LogP contribution in [0.5, 0.6) is 0 Å². The first-order chi connectivity index (χ1) is 9.29. The van der Waals surface area contributed by atoms with Crippen LogP contribution in [0.4, 0.5) is 5.13 Å². The summed E-state index contributed by atoms with van der Waals surface area (Å²) in [6, 6.07) is 0. The standard InChI is InChI=1S/C14H26N4S/c1-13-12-19-14(16-13)18-9-5-8-17(10-11-18)7-4-2-3-6-15/h12H,2-11,15H2,1H3. The Hall–Kier alpha value is -0.650. The summed E-state index contributed by atoms with van der Waals surface area (Å²) < 4.78 is 0. The van der Waals surface area contributed by atoms with Gasteiger partial charge in [0.25, 0.3) is 0 Å². The van der Waals surface area contributed by atoms with Gasteiger partial charge >= 0.3 is 0 Å². The smallest absolute Gasteiger partial charge is 0.185 e. The van der Waals surface area contributed by atoms with Gasteiger partial charge in [-0.25, -0.2) is 4.98 Å². The Morgan fingerprint density at radius 1 is 1.21 bits per heavy atom. The second-order valence-electron chi connectivity index (χ2n) is 5.30. The average Bonchev–Trinajstić information content (AvgIpc) is 2.71. The van der Waals surface area contributed by atoms with E-state index in [4.69, 9.17) is 5.73 Å². The molecule has 1 aromatic rings. The molecule has 108 valence electrons. The maximum atomic E-state index is 5.53. The van der Waals surface area contributed by atoms with Crippen molar-refractivity contribution in [2.24, 2.45) is 5.73 Å². The molecule has 1 saturated heterocycles. The van der Waals surface area contributed by atoms with E-state index in [1.807, 2.05) is 0 Å². The SMILES string of the molecule is Cc1csc(N2CCCN(CCCCCN)CC2)n1. The van der Waals surface area contributed by atoms with Crippen LogP contribution in [0.3, 0.4) is 0 Å². The lowest BCUT2D eigenvalue weighted by molar-refractivity contribution is 0.286. The molecule has 0 atom stereocenters. The molecular weight excluding hydrogens is 256 g/mol. The van der Waals surface area contributed by atoms with Crippen LogP contribution in [-0.4, -0.2) is 49.2 Å². The number of nitrogens with zero attached hydrogens (tertiary/aromatic N) is 3. The number of rotatable bonds is 6. The highest BCUT2D eigenvalue weighted by Crippen LogP contribution is 2.21. The van der Waals surface area contributed by atoms with Crippen molar-refractivity contribution in [2.75, 3.05) is 44.2 Å². The van der Waals surface area contributed by atoms with Crippen molar-refractivity contribution in [3.05, 3.63) is 11.1 Å². The van der Waals surface area contributed by atoms with E-state index < -0.39 is 0 Å². The van der Waals surface area contributed by atoms with Crippen LogP contribution in [0.25, 0.3) is 0 Å². The van der Waals surface area contributed by atoms with E-state index in [0.29, 0.717) is 0 Å². The molecule has 0 aliphatic carbocycles. The first-order valence-electron chi connectivity index (χ1n) is 7.39. The van der Waals surface area contributed by atoms with E-state index in [1.54, 1.807) is 11.3 Å². The van der Waals surface area contributed by atoms with Gasteiger partial charge in [0.05, 0.1) is 5.69 Å². The Bertz CT molecular complexity index is 366. The first kappa shape index (κ1) is 14.8. The quantitative estimate of drug-likeness (QED) is 0.812. The van der Waals surface area contributed by atoms with Crippen LogP contribution in [0.15, 0.2) is 5.38 Å². The van der Waals surface area contributed by atoms with Crippen LogP contribution in [0.2, 0.25) is 0 Å². The topological polar surface area (TPSA) is 45.4 Å². The zero-order valence-electron chi connectivity index (χ0n) is 12.0. The van der Waals surface area contributed by atoms with E-state index in [0.717, 1.165) is 25.3 Å². The van der Waals surface area contributed by atoms with E-state index in [2.05, 4.69) is 27.1 Å². The molecular formula is C14H26N4S. The largest absolute Gasteiger partial charge is 0.347 e. The number of thiazole rings is 1. The summed E-state index contributed by atoms with van der Waals surface area (Å²) in [7, 11) is 0. The Balaban J connectivity index is 1.75. The maximum absolute atomic E-state index is 5.53.